The van der Waals surface area contributed by atoms with Crippen LogP contribution >= 0.6 is 0 Å². The second-order valence-corrected chi connectivity index (χ2v) is 5.04. The quantitative estimate of drug-likeness (QED) is 0.360. The van der Waals surface area contributed by atoms with Gasteiger partial charge in [-0.1, -0.05) is 18.0 Å². The summed E-state index contributed by atoms with van der Waals surface area (Å²) in [7, 11) is 0.762. The fraction of sp³-hybridized carbons (Fsp3) is 1.00. The van der Waals surface area contributed by atoms with E-state index in [1.165, 1.54) is 0 Å². The Balaban J connectivity index is 3.34. The van der Waals surface area contributed by atoms with Crippen molar-refractivity contribution in [1.82, 2.24) is 0 Å². The van der Waals surface area contributed by atoms with Crippen molar-refractivity contribution in [2.24, 2.45) is 0 Å². The van der Waals surface area contributed by atoms with Crippen LogP contribution in [0.5, 0.6) is 0 Å². The smallest absolute Gasteiger partial charge is 0.0210 e. The van der Waals surface area contributed by atoms with E-state index in [9.17, 15) is 8.76 Å². The Labute approximate surface area is 49.0 Å². The van der Waals surface area contributed by atoms with E-state index in [2.05, 4.69) is 0 Å². The molecule has 2 atom stereocenters. The first kappa shape index (κ1) is 7.33. The van der Waals surface area contributed by atoms with Crippen molar-refractivity contribution in [3.63, 3.8) is 0 Å². The first-order valence-corrected chi connectivity index (χ1v) is 4.55. The summed E-state index contributed by atoms with van der Waals surface area (Å²) < 4.78 is 19.9. The lowest BCUT2D eigenvalue weighted by atomic mass is 10.6. The van der Waals surface area contributed by atoms with Crippen LogP contribution in [0.15, 0.2) is 0 Å². The molecule has 0 aliphatic rings. The fourth-order valence-corrected chi connectivity index (χ4v) is 0.408. The number of hydrogen-bond acceptors (Lipinski definition) is 2. The van der Waals surface area contributed by atoms with Crippen LogP contribution in [-0.4, -0.2) is 23.9 Å². The van der Waals surface area contributed by atoms with Crippen LogP contribution in [0.3, 0.4) is 0 Å². The van der Waals surface area contributed by atoms with E-state index in [4.69, 9.17) is 0 Å². The van der Waals surface area contributed by atoms with E-state index in [1.54, 1.807) is 0 Å². The van der Waals surface area contributed by atoms with Gasteiger partial charge in [0.05, 0.1) is 0 Å². The highest BCUT2D eigenvalue weighted by atomic mass is 32.2. The van der Waals surface area contributed by atoms with Crippen LogP contribution in [0.4, 0.5) is 0 Å². The van der Waals surface area contributed by atoms with Crippen molar-refractivity contribution in [1.29, 1.82) is 0 Å². The molecule has 0 saturated carbocycles. The van der Waals surface area contributed by atoms with Gasteiger partial charge >= 0.3 is 0 Å². The summed E-state index contributed by atoms with van der Waals surface area (Å²) in [4.78, 5) is -0.0417. The maximum atomic E-state index is 9.97. The summed E-state index contributed by atoms with van der Waals surface area (Å²) in [6, 6.07) is 0. The third-order valence-corrected chi connectivity index (χ3v) is 3.87. The zero-order valence-electron chi connectivity index (χ0n) is 4.51. The Bertz CT molecular complexity index is 75.3. The topological polar surface area (TPSA) is 40.1 Å². The molecule has 0 rings (SSSR count). The van der Waals surface area contributed by atoms with Gasteiger partial charge in [-0.15, -0.1) is 0 Å². The lowest BCUT2D eigenvalue weighted by molar-refractivity contribution is 0.532. The summed E-state index contributed by atoms with van der Waals surface area (Å²) >= 11 is -1.80. The molecule has 0 aromatic heterocycles. The Morgan fingerprint density at radius 2 is 2.43 bits per heavy atom. The van der Waals surface area contributed by atoms with Gasteiger partial charge in [0.15, 0.2) is 0 Å². The standard InChI is InChI=1S/C3H10O2SSi/c1-2-3(7)6(4)5/h3H,2H2,1,7H3,(H,4,5)/p-1. The lowest BCUT2D eigenvalue weighted by Crippen LogP contribution is -2.12. The molecule has 2 nitrogen and oxygen atoms in total. The van der Waals surface area contributed by atoms with Gasteiger partial charge in [-0.05, 0) is 6.42 Å². The molecule has 0 amide bonds. The molecule has 0 saturated heterocycles. The maximum Gasteiger partial charge on any atom is 0.0210 e. The Kier molecular flexibility index (Phi) is 3.50. The van der Waals surface area contributed by atoms with Crippen molar-refractivity contribution in [3.05, 3.63) is 0 Å². The SMILES string of the molecule is CCC([SiH3])S(=O)[O-]. The van der Waals surface area contributed by atoms with Gasteiger partial charge in [0.25, 0.3) is 0 Å². The Morgan fingerprint density at radius 3 is 2.43 bits per heavy atom. The van der Waals surface area contributed by atoms with E-state index in [0.717, 1.165) is 16.7 Å². The molecule has 0 aliphatic heterocycles. The van der Waals surface area contributed by atoms with Gasteiger partial charge < -0.3 is 4.55 Å². The normalized spacial score (nSPS) is 19.1. The first-order valence-electron chi connectivity index (χ1n) is 2.26. The third kappa shape index (κ3) is 2.96. The van der Waals surface area contributed by atoms with Gasteiger partial charge in [0.2, 0.25) is 0 Å². The minimum Gasteiger partial charge on any atom is -0.772 e. The highest BCUT2D eigenvalue weighted by molar-refractivity contribution is 7.81. The molecule has 2 unspecified atom stereocenters. The highest BCUT2D eigenvalue weighted by Gasteiger charge is 1.93. The molecule has 0 fully saturated rings. The third-order valence-electron chi connectivity index (χ3n) is 0.903. The van der Waals surface area contributed by atoms with E-state index < -0.39 is 11.1 Å². The molecule has 0 N–H and O–H groups in total. The largest absolute Gasteiger partial charge is 0.772 e. The maximum absolute atomic E-state index is 9.97. The Hall–Kier alpha value is 0.327. The fourth-order valence-electron chi connectivity index (χ4n) is 0.136. The molecule has 0 radical (unpaired) electrons. The minimum atomic E-state index is -1.80. The van der Waals surface area contributed by atoms with Crippen molar-refractivity contribution < 1.29 is 8.76 Å². The molecule has 0 aliphatic carbocycles. The van der Waals surface area contributed by atoms with Gasteiger partial charge in [0.1, 0.15) is 0 Å². The summed E-state index contributed by atoms with van der Waals surface area (Å²) in [6.07, 6.45) is 0.766. The van der Waals surface area contributed by atoms with Gasteiger partial charge in [-0.3, -0.25) is 4.21 Å². The van der Waals surface area contributed by atoms with Crippen LogP contribution in [0.1, 0.15) is 13.3 Å². The van der Waals surface area contributed by atoms with Gasteiger partial charge in [-0.2, -0.15) is 0 Å². The summed E-state index contributed by atoms with van der Waals surface area (Å²) in [5.74, 6) is 0. The summed E-state index contributed by atoms with van der Waals surface area (Å²) in [6.45, 7) is 1.88. The predicted molar refractivity (Wildman–Crippen MR) is 32.9 cm³/mol. The second kappa shape index (κ2) is 3.34. The van der Waals surface area contributed by atoms with Gasteiger partial charge in [-0.25, -0.2) is 0 Å². The molecule has 0 aromatic carbocycles. The van der Waals surface area contributed by atoms with Crippen LogP contribution in [0.25, 0.3) is 0 Å². The van der Waals surface area contributed by atoms with Crippen molar-refractivity contribution in [2.45, 2.75) is 18.2 Å². The monoisotopic (exact) mass is 137 g/mol. The van der Waals surface area contributed by atoms with Crippen LogP contribution in [0.2, 0.25) is 0 Å². The van der Waals surface area contributed by atoms with Crippen molar-refractivity contribution in [3.8, 4) is 0 Å². The Morgan fingerprint density at radius 1 is 2.00 bits per heavy atom. The lowest BCUT2D eigenvalue weighted by Gasteiger charge is -2.10. The van der Waals surface area contributed by atoms with Crippen LogP contribution in [-0.2, 0) is 11.1 Å². The molecule has 0 bridgehead atoms. The molecule has 4 heteroatoms. The predicted octanol–water partition coefficient (Wildman–Crippen LogP) is -1.03. The average Bonchev–Trinajstić information content (AvgIpc) is 1.65. The van der Waals surface area contributed by atoms with Gasteiger partial charge in [0, 0.05) is 15.1 Å². The summed E-state index contributed by atoms with van der Waals surface area (Å²) in [5.41, 5.74) is 0. The molecule has 0 heterocycles. The molecule has 0 spiro atoms. The number of hydrogen-bond donors (Lipinski definition) is 0. The second-order valence-electron chi connectivity index (χ2n) is 1.48. The average molecular weight is 137 g/mol. The summed E-state index contributed by atoms with van der Waals surface area (Å²) in [5, 5.41) is 0. The molecular weight excluding hydrogens is 128 g/mol. The van der Waals surface area contributed by atoms with E-state index in [1.807, 2.05) is 6.92 Å². The zero-order valence-corrected chi connectivity index (χ0v) is 7.33. The van der Waals surface area contributed by atoms with Crippen molar-refractivity contribution in [2.75, 3.05) is 0 Å². The number of rotatable bonds is 2. The van der Waals surface area contributed by atoms with Crippen LogP contribution in [0, 0.1) is 0 Å². The molecule has 44 valence electrons. The van der Waals surface area contributed by atoms with E-state index in [0.29, 0.717) is 0 Å². The van der Waals surface area contributed by atoms with E-state index in [-0.39, 0.29) is 4.87 Å². The first-order chi connectivity index (χ1) is 3.18. The van der Waals surface area contributed by atoms with Crippen LogP contribution < -0.4 is 0 Å². The zero-order chi connectivity index (χ0) is 5.86. The molecule has 0 aromatic rings. The highest BCUT2D eigenvalue weighted by Crippen LogP contribution is 1.90. The van der Waals surface area contributed by atoms with Crippen molar-refractivity contribution >= 4 is 21.3 Å². The minimum absolute atomic E-state index is 0.0417. The van der Waals surface area contributed by atoms with E-state index >= 15 is 0 Å². The molecular formula is C3H9O2SSi-. The molecule has 7 heavy (non-hydrogen) atoms.